The molecule has 0 saturated carbocycles. The summed E-state index contributed by atoms with van der Waals surface area (Å²) in [5.74, 6) is -0.372. The van der Waals surface area contributed by atoms with Crippen molar-refractivity contribution in [2.45, 2.75) is 26.8 Å². The Labute approximate surface area is 114 Å². The second-order valence-corrected chi connectivity index (χ2v) is 5.20. The number of nitrogens with one attached hydrogen (secondary N) is 1. The second kappa shape index (κ2) is 5.31. The Bertz CT molecular complexity index is 660. The van der Waals surface area contributed by atoms with Gasteiger partial charge in [-0.15, -0.1) is 11.3 Å². The zero-order valence-corrected chi connectivity index (χ0v) is 11.7. The summed E-state index contributed by atoms with van der Waals surface area (Å²) in [6.07, 6.45) is 0. The highest BCUT2D eigenvalue weighted by molar-refractivity contribution is 7.13. The monoisotopic (exact) mass is 278 g/mol. The summed E-state index contributed by atoms with van der Waals surface area (Å²) >= 11 is 1.35. The van der Waals surface area contributed by atoms with E-state index < -0.39 is 0 Å². The van der Waals surface area contributed by atoms with E-state index in [1.165, 1.54) is 28.2 Å². The fourth-order valence-electron chi connectivity index (χ4n) is 1.49. The highest BCUT2D eigenvalue weighted by Gasteiger charge is 2.12. The summed E-state index contributed by atoms with van der Waals surface area (Å²) < 4.78 is 1.28. The summed E-state index contributed by atoms with van der Waals surface area (Å²) in [6.45, 7) is 5.52. The first-order valence-corrected chi connectivity index (χ1v) is 6.68. The van der Waals surface area contributed by atoms with Crippen molar-refractivity contribution in [2.24, 2.45) is 0 Å². The average Bonchev–Trinajstić information content (AvgIpc) is 2.74. The van der Waals surface area contributed by atoms with Crippen LogP contribution in [0, 0.1) is 6.92 Å². The molecule has 2 aromatic rings. The third kappa shape index (κ3) is 3.05. The molecule has 7 heteroatoms. The first kappa shape index (κ1) is 13.4. The summed E-state index contributed by atoms with van der Waals surface area (Å²) in [7, 11) is 0. The molecule has 0 atom stereocenters. The zero-order chi connectivity index (χ0) is 14.0. The highest BCUT2D eigenvalue weighted by Crippen LogP contribution is 2.15. The number of anilines is 1. The van der Waals surface area contributed by atoms with Gasteiger partial charge in [0.05, 0.1) is 11.7 Å². The molecule has 0 bridgehead atoms. The Balaban J connectivity index is 2.24. The van der Waals surface area contributed by atoms with Gasteiger partial charge in [-0.25, -0.2) is 9.67 Å². The van der Waals surface area contributed by atoms with Crippen molar-refractivity contribution >= 4 is 22.4 Å². The third-order valence-corrected chi connectivity index (χ3v) is 3.26. The number of aromatic nitrogens is 3. The van der Waals surface area contributed by atoms with Crippen LogP contribution in [0.5, 0.6) is 0 Å². The molecule has 0 saturated heterocycles. The lowest BCUT2D eigenvalue weighted by atomic mass is 10.3. The number of hydrogen-bond donors (Lipinski definition) is 1. The molecule has 0 unspecified atom stereocenters. The third-order valence-electron chi connectivity index (χ3n) is 2.39. The van der Waals surface area contributed by atoms with E-state index in [0.717, 1.165) is 5.69 Å². The van der Waals surface area contributed by atoms with Crippen LogP contribution in [0.15, 0.2) is 22.3 Å². The lowest BCUT2D eigenvalue weighted by molar-refractivity contribution is 0.101. The van der Waals surface area contributed by atoms with E-state index in [9.17, 15) is 9.59 Å². The van der Waals surface area contributed by atoms with Gasteiger partial charge in [-0.1, -0.05) is 0 Å². The van der Waals surface area contributed by atoms with E-state index in [-0.39, 0.29) is 23.2 Å². The van der Waals surface area contributed by atoms with Crippen LogP contribution in [0.1, 0.15) is 36.1 Å². The van der Waals surface area contributed by atoms with Gasteiger partial charge in [-0.2, -0.15) is 5.10 Å². The van der Waals surface area contributed by atoms with Gasteiger partial charge < -0.3 is 0 Å². The molecule has 19 heavy (non-hydrogen) atoms. The maximum Gasteiger partial charge on any atom is 0.277 e. The van der Waals surface area contributed by atoms with E-state index in [1.807, 2.05) is 26.2 Å². The summed E-state index contributed by atoms with van der Waals surface area (Å²) in [6, 6.07) is 2.66. The Morgan fingerprint density at radius 2 is 2.16 bits per heavy atom. The van der Waals surface area contributed by atoms with Crippen molar-refractivity contribution in [3.63, 3.8) is 0 Å². The fourth-order valence-corrected chi connectivity index (χ4v) is 2.17. The first-order chi connectivity index (χ1) is 8.97. The van der Waals surface area contributed by atoms with Gasteiger partial charge in [0, 0.05) is 11.4 Å². The molecule has 100 valence electrons. The Hall–Kier alpha value is -2.02. The van der Waals surface area contributed by atoms with E-state index in [1.54, 1.807) is 0 Å². The fraction of sp³-hybridized carbons (Fsp3) is 0.333. The SMILES string of the molecule is Cc1csc(NC(=O)c2ccc(=O)n(C(C)C)n2)n1. The van der Waals surface area contributed by atoms with Crippen LogP contribution in [0.2, 0.25) is 0 Å². The Morgan fingerprint density at radius 1 is 1.42 bits per heavy atom. The molecule has 2 heterocycles. The summed E-state index contributed by atoms with van der Waals surface area (Å²) in [5, 5.41) is 9.06. The van der Waals surface area contributed by atoms with Gasteiger partial charge in [0.15, 0.2) is 5.13 Å². The van der Waals surface area contributed by atoms with Crippen molar-refractivity contribution in [3.8, 4) is 0 Å². The van der Waals surface area contributed by atoms with Gasteiger partial charge in [0.2, 0.25) is 0 Å². The molecule has 0 fully saturated rings. The minimum absolute atomic E-state index is 0.0950. The number of rotatable bonds is 3. The van der Waals surface area contributed by atoms with Gasteiger partial charge >= 0.3 is 0 Å². The molecular weight excluding hydrogens is 264 g/mol. The van der Waals surface area contributed by atoms with Crippen molar-refractivity contribution in [3.05, 3.63) is 39.3 Å². The lowest BCUT2D eigenvalue weighted by Gasteiger charge is -2.09. The van der Waals surface area contributed by atoms with Crippen molar-refractivity contribution < 1.29 is 4.79 Å². The predicted molar refractivity (Wildman–Crippen MR) is 73.7 cm³/mol. The number of carbonyl (C=O) groups excluding carboxylic acids is 1. The molecule has 0 aromatic carbocycles. The normalized spacial score (nSPS) is 10.7. The molecule has 1 amide bonds. The van der Waals surface area contributed by atoms with Crippen LogP contribution in [0.4, 0.5) is 5.13 Å². The largest absolute Gasteiger partial charge is 0.296 e. The topological polar surface area (TPSA) is 76.9 Å². The van der Waals surface area contributed by atoms with Crippen LogP contribution in [-0.4, -0.2) is 20.7 Å². The second-order valence-electron chi connectivity index (χ2n) is 4.34. The molecular formula is C12H14N4O2S. The lowest BCUT2D eigenvalue weighted by Crippen LogP contribution is -2.27. The van der Waals surface area contributed by atoms with Crippen LogP contribution >= 0.6 is 11.3 Å². The highest BCUT2D eigenvalue weighted by atomic mass is 32.1. The van der Waals surface area contributed by atoms with Crippen LogP contribution < -0.4 is 10.9 Å². The molecule has 0 aliphatic rings. The summed E-state index contributed by atoms with van der Waals surface area (Å²) in [4.78, 5) is 27.7. The van der Waals surface area contributed by atoms with Crippen LogP contribution in [-0.2, 0) is 0 Å². The Kier molecular flexibility index (Phi) is 3.75. The maximum absolute atomic E-state index is 12.0. The van der Waals surface area contributed by atoms with Gasteiger partial charge in [0.1, 0.15) is 5.69 Å². The van der Waals surface area contributed by atoms with Gasteiger partial charge in [-0.05, 0) is 26.8 Å². The molecule has 0 aliphatic carbocycles. The minimum Gasteiger partial charge on any atom is -0.296 e. The molecule has 6 nitrogen and oxygen atoms in total. The smallest absolute Gasteiger partial charge is 0.277 e. The number of thiazole rings is 1. The van der Waals surface area contributed by atoms with E-state index in [4.69, 9.17) is 0 Å². The first-order valence-electron chi connectivity index (χ1n) is 5.80. The number of hydrogen-bond acceptors (Lipinski definition) is 5. The number of nitrogens with zero attached hydrogens (tertiary/aromatic N) is 3. The molecule has 2 aromatic heterocycles. The minimum atomic E-state index is -0.372. The maximum atomic E-state index is 12.0. The van der Waals surface area contributed by atoms with Crippen molar-refractivity contribution in [1.29, 1.82) is 0 Å². The number of carbonyl (C=O) groups is 1. The van der Waals surface area contributed by atoms with Crippen LogP contribution in [0.3, 0.4) is 0 Å². The standard InChI is InChI=1S/C12H14N4O2S/c1-7(2)16-10(17)5-4-9(15-16)11(18)14-12-13-8(3)6-19-12/h4-7H,1-3H3,(H,13,14,18). The van der Waals surface area contributed by atoms with Crippen LogP contribution in [0.25, 0.3) is 0 Å². The molecule has 2 rings (SSSR count). The average molecular weight is 278 g/mol. The molecule has 0 aliphatic heterocycles. The van der Waals surface area contributed by atoms with E-state index >= 15 is 0 Å². The van der Waals surface area contributed by atoms with Gasteiger partial charge in [-0.3, -0.25) is 14.9 Å². The van der Waals surface area contributed by atoms with Crippen molar-refractivity contribution in [1.82, 2.24) is 14.8 Å². The number of amides is 1. The summed E-state index contributed by atoms with van der Waals surface area (Å²) in [5.41, 5.74) is 0.818. The number of aryl methyl sites for hydroxylation is 1. The Morgan fingerprint density at radius 3 is 2.74 bits per heavy atom. The predicted octanol–water partition coefficient (Wildman–Crippen LogP) is 1.84. The molecule has 1 N–H and O–H groups in total. The molecule has 0 spiro atoms. The van der Waals surface area contributed by atoms with Crippen molar-refractivity contribution in [2.75, 3.05) is 5.32 Å². The molecule has 0 radical (unpaired) electrons. The quantitative estimate of drug-likeness (QED) is 0.929. The van der Waals surface area contributed by atoms with E-state index in [0.29, 0.717) is 5.13 Å². The van der Waals surface area contributed by atoms with Gasteiger partial charge in [0.25, 0.3) is 11.5 Å². The van der Waals surface area contributed by atoms with E-state index in [2.05, 4.69) is 15.4 Å². The zero-order valence-electron chi connectivity index (χ0n) is 10.9.